The molecule has 2 aliphatic rings. The molecule has 0 bridgehead atoms. The molecule has 0 aliphatic carbocycles. The molecule has 2 unspecified atom stereocenters. The van der Waals surface area contributed by atoms with Gasteiger partial charge < -0.3 is 14.8 Å². The molecule has 5 heteroatoms. The maximum absolute atomic E-state index is 11.8. The first kappa shape index (κ1) is 21.5. The quantitative estimate of drug-likeness (QED) is 0.508. The standard InChI is InChI=1S/C27H26N2O3/c1-3-4-10-24-21(16-25(28-24)20-8-6-5-7-9-20)17-32-22-13-11-19(12-14-22)15-23-26(31)29-27(23,2)18-30/h3-14,16,18,23H,15,17H2,1-2H3,(H,29,31)/b4-3-,24-10-. The van der Waals surface area contributed by atoms with E-state index in [1.807, 2.05) is 79.7 Å². The maximum Gasteiger partial charge on any atom is 0.227 e. The summed E-state index contributed by atoms with van der Waals surface area (Å²) >= 11 is 0. The van der Waals surface area contributed by atoms with Crippen molar-refractivity contribution in [3.63, 3.8) is 0 Å². The largest absolute Gasteiger partial charge is 0.489 e. The van der Waals surface area contributed by atoms with E-state index < -0.39 is 5.54 Å². The number of nitrogens with one attached hydrogen (secondary N) is 1. The smallest absolute Gasteiger partial charge is 0.227 e. The summed E-state index contributed by atoms with van der Waals surface area (Å²) in [6, 6.07) is 17.8. The zero-order valence-electron chi connectivity index (χ0n) is 18.2. The minimum absolute atomic E-state index is 0.0808. The lowest BCUT2D eigenvalue weighted by molar-refractivity contribution is -0.145. The van der Waals surface area contributed by atoms with Crippen LogP contribution in [0.5, 0.6) is 5.75 Å². The summed E-state index contributed by atoms with van der Waals surface area (Å²) in [5, 5.41) is 2.68. The SMILES string of the molecule is C/C=C\C=C1/N=C(c2ccccc2)C=C1COc1ccc(CC2C(=O)NC2(C)C=O)cc1. The van der Waals surface area contributed by atoms with E-state index in [0.717, 1.165) is 40.1 Å². The topological polar surface area (TPSA) is 67.8 Å². The van der Waals surface area contributed by atoms with Gasteiger partial charge in [-0.15, -0.1) is 0 Å². The van der Waals surface area contributed by atoms with Crippen molar-refractivity contribution in [2.45, 2.75) is 25.8 Å². The van der Waals surface area contributed by atoms with Crippen LogP contribution in [0.25, 0.3) is 0 Å². The molecule has 1 saturated heterocycles. The van der Waals surface area contributed by atoms with Gasteiger partial charge in [0.15, 0.2) is 0 Å². The summed E-state index contributed by atoms with van der Waals surface area (Å²) < 4.78 is 6.03. The number of rotatable bonds is 8. The van der Waals surface area contributed by atoms with Gasteiger partial charge in [-0.2, -0.15) is 0 Å². The van der Waals surface area contributed by atoms with Crippen molar-refractivity contribution in [2.24, 2.45) is 10.9 Å². The number of aldehydes is 1. The Bertz CT molecular complexity index is 1130. The van der Waals surface area contributed by atoms with E-state index in [2.05, 4.69) is 11.4 Å². The van der Waals surface area contributed by atoms with E-state index in [0.29, 0.717) is 13.0 Å². The number of allylic oxidation sites excluding steroid dienone is 4. The molecule has 5 nitrogen and oxygen atoms in total. The van der Waals surface area contributed by atoms with Crippen LogP contribution >= 0.6 is 0 Å². The third-order valence-corrected chi connectivity index (χ3v) is 5.83. The van der Waals surface area contributed by atoms with E-state index in [4.69, 9.17) is 9.73 Å². The Morgan fingerprint density at radius 1 is 1.12 bits per heavy atom. The normalized spacial score (nSPS) is 23.5. The predicted molar refractivity (Wildman–Crippen MR) is 126 cm³/mol. The minimum Gasteiger partial charge on any atom is -0.489 e. The monoisotopic (exact) mass is 426 g/mol. The van der Waals surface area contributed by atoms with Gasteiger partial charge in [0, 0.05) is 11.1 Å². The number of hydrogen-bond donors (Lipinski definition) is 1. The van der Waals surface area contributed by atoms with Crippen molar-refractivity contribution >= 4 is 17.9 Å². The molecule has 2 aromatic rings. The second-order valence-corrected chi connectivity index (χ2v) is 8.19. The number of nitrogens with zero attached hydrogens (tertiary/aromatic N) is 1. The number of aliphatic imine (C=N–C) groups is 1. The Kier molecular flexibility index (Phi) is 6.17. The Morgan fingerprint density at radius 2 is 1.88 bits per heavy atom. The highest BCUT2D eigenvalue weighted by Crippen LogP contribution is 2.29. The molecule has 2 aliphatic heterocycles. The van der Waals surface area contributed by atoms with E-state index in [1.54, 1.807) is 6.92 Å². The average molecular weight is 427 g/mol. The zero-order chi connectivity index (χ0) is 22.6. The Labute approximate surface area is 188 Å². The van der Waals surface area contributed by atoms with Crippen molar-refractivity contribution in [1.29, 1.82) is 0 Å². The number of benzene rings is 2. The number of amides is 1. The molecule has 162 valence electrons. The molecule has 1 amide bonds. The van der Waals surface area contributed by atoms with Crippen LogP contribution in [0.3, 0.4) is 0 Å². The van der Waals surface area contributed by atoms with Gasteiger partial charge in [0.25, 0.3) is 0 Å². The number of carbonyl (C=O) groups is 2. The van der Waals surface area contributed by atoms with E-state index in [9.17, 15) is 9.59 Å². The van der Waals surface area contributed by atoms with Crippen molar-refractivity contribution in [3.05, 3.63) is 101 Å². The van der Waals surface area contributed by atoms with Crippen LogP contribution in [0.2, 0.25) is 0 Å². The van der Waals surface area contributed by atoms with E-state index in [-0.39, 0.29) is 11.8 Å². The second-order valence-electron chi connectivity index (χ2n) is 8.19. The Balaban J connectivity index is 1.42. The molecule has 2 aromatic carbocycles. The molecule has 4 rings (SSSR count). The first-order valence-electron chi connectivity index (χ1n) is 10.7. The number of ether oxygens (including phenoxy) is 1. The lowest BCUT2D eigenvalue weighted by atomic mass is 9.75. The molecule has 0 radical (unpaired) electrons. The Morgan fingerprint density at radius 3 is 2.53 bits per heavy atom. The fourth-order valence-electron chi connectivity index (χ4n) is 3.85. The summed E-state index contributed by atoms with van der Waals surface area (Å²) in [6.07, 6.45) is 9.33. The molecule has 2 heterocycles. The predicted octanol–water partition coefficient (Wildman–Crippen LogP) is 4.20. The molecule has 2 atom stereocenters. The summed E-state index contributed by atoms with van der Waals surface area (Å²) in [5.41, 5.74) is 4.12. The van der Waals surface area contributed by atoms with E-state index >= 15 is 0 Å². The average Bonchev–Trinajstić information content (AvgIpc) is 3.24. The van der Waals surface area contributed by atoms with Crippen LogP contribution in [0.1, 0.15) is 25.0 Å². The third-order valence-electron chi connectivity index (χ3n) is 5.83. The molecular weight excluding hydrogens is 400 g/mol. The first-order chi connectivity index (χ1) is 15.5. The minimum atomic E-state index is -0.771. The van der Waals surface area contributed by atoms with Crippen molar-refractivity contribution in [2.75, 3.05) is 6.61 Å². The van der Waals surface area contributed by atoms with Crippen LogP contribution in [-0.4, -0.2) is 30.1 Å². The van der Waals surface area contributed by atoms with Crippen molar-refractivity contribution in [1.82, 2.24) is 5.32 Å². The van der Waals surface area contributed by atoms with Gasteiger partial charge in [0.05, 0.1) is 17.3 Å². The number of hydrogen-bond acceptors (Lipinski definition) is 4. The molecule has 1 fully saturated rings. The highest BCUT2D eigenvalue weighted by atomic mass is 16.5. The van der Waals surface area contributed by atoms with Crippen LogP contribution in [0.4, 0.5) is 0 Å². The first-order valence-corrected chi connectivity index (χ1v) is 10.7. The highest BCUT2D eigenvalue weighted by molar-refractivity contribution is 6.12. The molecule has 0 saturated carbocycles. The van der Waals surface area contributed by atoms with Gasteiger partial charge in [-0.25, -0.2) is 4.99 Å². The highest BCUT2D eigenvalue weighted by Gasteiger charge is 2.49. The van der Waals surface area contributed by atoms with Crippen molar-refractivity contribution < 1.29 is 14.3 Å². The van der Waals surface area contributed by atoms with E-state index in [1.165, 1.54) is 0 Å². The summed E-state index contributed by atoms with van der Waals surface area (Å²) in [5.74, 6) is 0.329. The van der Waals surface area contributed by atoms with Crippen molar-refractivity contribution in [3.8, 4) is 5.75 Å². The van der Waals surface area contributed by atoms with Crippen LogP contribution in [-0.2, 0) is 16.0 Å². The third kappa shape index (κ3) is 4.47. The number of carbonyl (C=O) groups excluding carboxylic acids is 2. The molecule has 0 aromatic heterocycles. The zero-order valence-corrected chi connectivity index (χ0v) is 18.2. The molecule has 32 heavy (non-hydrogen) atoms. The van der Waals surface area contributed by atoms with Crippen LogP contribution < -0.4 is 10.1 Å². The Hall–Kier alpha value is -3.73. The fourth-order valence-corrected chi connectivity index (χ4v) is 3.85. The summed E-state index contributed by atoms with van der Waals surface area (Å²) in [7, 11) is 0. The van der Waals surface area contributed by atoms with Gasteiger partial charge in [-0.1, -0.05) is 54.6 Å². The molecular formula is C27H26N2O3. The summed E-state index contributed by atoms with van der Waals surface area (Å²) in [6.45, 7) is 4.13. The molecule has 1 N–H and O–H groups in total. The number of β-lactam (4-membered cyclic amide) rings is 1. The van der Waals surface area contributed by atoms with Gasteiger partial charge in [-0.3, -0.25) is 4.79 Å². The lowest BCUT2D eigenvalue weighted by Gasteiger charge is -2.42. The lowest BCUT2D eigenvalue weighted by Crippen LogP contribution is -2.69. The van der Waals surface area contributed by atoms with Gasteiger partial charge in [-0.05, 0) is 50.1 Å². The maximum atomic E-state index is 11.8. The fraction of sp³-hybridized carbons (Fsp3) is 0.222. The summed E-state index contributed by atoms with van der Waals surface area (Å²) in [4.78, 5) is 27.9. The molecule has 0 spiro atoms. The van der Waals surface area contributed by atoms with Gasteiger partial charge >= 0.3 is 0 Å². The van der Waals surface area contributed by atoms with Gasteiger partial charge in [0.1, 0.15) is 24.2 Å². The van der Waals surface area contributed by atoms with Gasteiger partial charge in [0.2, 0.25) is 5.91 Å². The van der Waals surface area contributed by atoms with Crippen LogP contribution in [0, 0.1) is 5.92 Å². The second kappa shape index (κ2) is 9.18. The van der Waals surface area contributed by atoms with Crippen LogP contribution in [0.15, 0.2) is 95.2 Å².